The Hall–Kier alpha value is -3.26. The van der Waals surface area contributed by atoms with Gasteiger partial charge >= 0.3 is 6.18 Å². The molecule has 35 heavy (non-hydrogen) atoms. The number of rotatable bonds is 5. The number of hydrogen-bond acceptors (Lipinski definition) is 8. The van der Waals surface area contributed by atoms with Gasteiger partial charge in [0.1, 0.15) is 22.7 Å². The third kappa shape index (κ3) is 4.10. The topological polar surface area (TPSA) is 116 Å². The second kappa shape index (κ2) is 8.45. The Morgan fingerprint density at radius 2 is 1.94 bits per heavy atom. The van der Waals surface area contributed by atoms with Crippen LogP contribution in [0.25, 0.3) is 28.2 Å². The molecule has 0 unspecified atom stereocenters. The molecule has 14 heteroatoms. The molecule has 1 N–H and O–H groups in total. The number of fused-ring (bicyclic) bond motifs is 2. The lowest BCUT2D eigenvalue weighted by Gasteiger charge is -2.24. The van der Waals surface area contributed by atoms with Gasteiger partial charge in [0, 0.05) is 38.7 Å². The zero-order valence-corrected chi connectivity index (χ0v) is 19.7. The van der Waals surface area contributed by atoms with Crippen LogP contribution in [0.1, 0.15) is 25.3 Å². The van der Waals surface area contributed by atoms with Gasteiger partial charge in [0.05, 0.1) is 11.3 Å². The monoisotopic (exact) mass is 509 g/mol. The molecule has 1 aliphatic heterocycles. The number of imidazole rings is 1. The number of aryl methyl sites for hydroxylation is 1. The van der Waals surface area contributed by atoms with Gasteiger partial charge in [-0.2, -0.15) is 22.8 Å². The van der Waals surface area contributed by atoms with Gasteiger partial charge in [-0.3, -0.25) is 0 Å². The van der Waals surface area contributed by atoms with E-state index in [1.165, 1.54) is 22.2 Å². The Morgan fingerprint density at radius 1 is 1.20 bits per heavy atom. The van der Waals surface area contributed by atoms with Crippen LogP contribution in [0, 0.1) is 0 Å². The summed E-state index contributed by atoms with van der Waals surface area (Å²) in [7, 11) is -2.29. The third-order valence-corrected chi connectivity index (χ3v) is 7.63. The fraction of sp³-hybridized carbons (Fsp3) is 0.429. The van der Waals surface area contributed by atoms with Gasteiger partial charge in [0.25, 0.3) is 0 Å². The summed E-state index contributed by atoms with van der Waals surface area (Å²) in [6, 6.07) is 2.68. The predicted octanol–water partition coefficient (Wildman–Crippen LogP) is 3.08. The molecule has 0 aromatic carbocycles. The zero-order valence-electron chi connectivity index (χ0n) is 18.9. The molecule has 4 aromatic heterocycles. The van der Waals surface area contributed by atoms with Crippen LogP contribution >= 0.6 is 0 Å². The molecular formula is C21H22F3N7O3S. The lowest BCUT2D eigenvalue weighted by Crippen LogP contribution is -2.28. The number of aromatic nitrogens is 6. The van der Waals surface area contributed by atoms with Crippen LogP contribution in [0.3, 0.4) is 0 Å². The molecule has 0 spiro atoms. The van der Waals surface area contributed by atoms with Crippen molar-refractivity contribution in [2.45, 2.75) is 37.0 Å². The highest BCUT2D eigenvalue weighted by atomic mass is 32.2. The molecule has 5 rings (SSSR count). The SMILES string of the molecule is CCS(=O)(=O)c1nn2c(NC3CCOCC3)ccnc2c1-c1nc2cc(C(F)(F)F)cnc2n1C. The summed E-state index contributed by atoms with van der Waals surface area (Å²) >= 11 is 0. The average molecular weight is 510 g/mol. The van der Waals surface area contributed by atoms with Crippen molar-refractivity contribution < 1.29 is 26.3 Å². The molecule has 1 saturated heterocycles. The smallest absolute Gasteiger partial charge is 0.381 e. The van der Waals surface area contributed by atoms with Gasteiger partial charge in [-0.15, -0.1) is 0 Å². The second-order valence-corrected chi connectivity index (χ2v) is 10.4. The van der Waals surface area contributed by atoms with Crippen LogP contribution in [0.4, 0.5) is 19.0 Å². The summed E-state index contributed by atoms with van der Waals surface area (Å²) in [4.78, 5) is 12.6. The van der Waals surface area contributed by atoms with Gasteiger partial charge in [0.2, 0.25) is 0 Å². The van der Waals surface area contributed by atoms with E-state index in [1.807, 2.05) is 0 Å². The minimum Gasteiger partial charge on any atom is -0.381 e. The van der Waals surface area contributed by atoms with E-state index in [1.54, 1.807) is 13.1 Å². The Balaban J connectivity index is 1.73. The average Bonchev–Trinajstić information content (AvgIpc) is 3.38. The van der Waals surface area contributed by atoms with E-state index in [0.29, 0.717) is 19.0 Å². The van der Waals surface area contributed by atoms with Crippen LogP contribution in [0.15, 0.2) is 29.6 Å². The quantitative estimate of drug-likeness (QED) is 0.436. The second-order valence-electron chi connectivity index (χ2n) is 8.24. The van der Waals surface area contributed by atoms with E-state index in [4.69, 9.17) is 4.74 Å². The van der Waals surface area contributed by atoms with Crippen LogP contribution in [-0.2, 0) is 27.8 Å². The summed E-state index contributed by atoms with van der Waals surface area (Å²) in [5.74, 6) is 0.411. The molecule has 0 atom stereocenters. The molecule has 0 radical (unpaired) electrons. The van der Waals surface area contributed by atoms with Crippen LogP contribution in [-0.4, -0.2) is 62.6 Å². The van der Waals surface area contributed by atoms with E-state index in [2.05, 4.69) is 25.4 Å². The highest BCUT2D eigenvalue weighted by Crippen LogP contribution is 2.35. The first kappa shape index (κ1) is 23.5. The Kier molecular flexibility index (Phi) is 5.67. The molecule has 4 aromatic rings. The van der Waals surface area contributed by atoms with Gasteiger partial charge in [-0.05, 0) is 25.0 Å². The summed E-state index contributed by atoms with van der Waals surface area (Å²) in [6.45, 7) is 2.71. The van der Waals surface area contributed by atoms with Crippen molar-refractivity contribution >= 4 is 32.5 Å². The number of nitrogens with zero attached hydrogens (tertiary/aromatic N) is 6. The van der Waals surface area contributed by atoms with Crippen molar-refractivity contribution in [1.82, 2.24) is 29.1 Å². The molecule has 0 saturated carbocycles. The number of anilines is 1. The first-order valence-electron chi connectivity index (χ1n) is 10.9. The van der Waals surface area contributed by atoms with Crippen molar-refractivity contribution in [3.63, 3.8) is 0 Å². The lowest BCUT2D eigenvalue weighted by molar-refractivity contribution is -0.137. The fourth-order valence-corrected chi connectivity index (χ4v) is 5.06. The minimum atomic E-state index is -4.59. The van der Waals surface area contributed by atoms with Crippen molar-refractivity contribution in [1.29, 1.82) is 0 Å². The summed E-state index contributed by atoms with van der Waals surface area (Å²) in [6.07, 6.45) is -0.798. The van der Waals surface area contributed by atoms with E-state index in [-0.39, 0.29) is 45.0 Å². The van der Waals surface area contributed by atoms with Gasteiger partial charge in [-0.25, -0.2) is 23.4 Å². The number of alkyl halides is 3. The van der Waals surface area contributed by atoms with E-state index < -0.39 is 21.6 Å². The molecular weight excluding hydrogens is 487 g/mol. The Labute approximate surface area is 198 Å². The zero-order chi connectivity index (χ0) is 25.0. The highest BCUT2D eigenvalue weighted by molar-refractivity contribution is 7.91. The van der Waals surface area contributed by atoms with Crippen LogP contribution in [0.2, 0.25) is 0 Å². The maximum atomic E-state index is 13.2. The Bertz CT molecular complexity index is 1520. The normalized spacial score (nSPS) is 15.8. The molecule has 10 nitrogen and oxygen atoms in total. The van der Waals surface area contributed by atoms with Crippen LogP contribution in [0.5, 0.6) is 0 Å². The van der Waals surface area contributed by atoms with Crippen molar-refractivity contribution in [2.24, 2.45) is 7.05 Å². The first-order valence-corrected chi connectivity index (χ1v) is 12.6. The molecule has 0 amide bonds. The molecule has 1 aliphatic rings. The summed E-state index contributed by atoms with van der Waals surface area (Å²) < 4.78 is 74.0. The van der Waals surface area contributed by atoms with Gasteiger partial charge in [0.15, 0.2) is 26.2 Å². The largest absolute Gasteiger partial charge is 0.417 e. The molecule has 186 valence electrons. The molecule has 0 aliphatic carbocycles. The fourth-order valence-electron chi connectivity index (χ4n) is 4.09. The number of hydrogen-bond donors (Lipinski definition) is 1. The molecule has 1 fully saturated rings. The van der Waals surface area contributed by atoms with Crippen molar-refractivity contribution in [3.8, 4) is 11.4 Å². The van der Waals surface area contributed by atoms with E-state index in [0.717, 1.165) is 25.1 Å². The molecule has 5 heterocycles. The number of sulfone groups is 1. The maximum Gasteiger partial charge on any atom is 0.417 e. The predicted molar refractivity (Wildman–Crippen MR) is 121 cm³/mol. The first-order chi connectivity index (χ1) is 16.6. The van der Waals surface area contributed by atoms with E-state index >= 15 is 0 Å². The standard InChI is InChI=1S/C21H22F3N7O3S/c1-3-35(32,33)20-16(19-28-14-10-12(21(22,23)24)11-26-17(14)30(19)2)18-25-7-4-15(31(18)29-20)27-13-5-8-34-9-6-13/h4,7,10-11,13,27H,3,5-6,8-9H2,1-2H3. The number of nitrogens with one attached hydrogen (secondary N) is 1. The lowest BCUT2D eigenvalue weighted by atomic mass is 10.1. The summed E-state index contributed by atoms with van der Waals surface area (Å²) in [5, 5.41) is 7.51. The van der Waals surface area contributed by atoms with Crippen molar-refractivity contribution in [3.05, 3.63) is 30.1 Å². The number of pyridine rings is 1. The number of ether oxygens (including phenoxy) is 1. The minimum absolute atomic E-state index is 0.0204. The molecule has 0 bridgehead atoms. The van der Waals surface area contributed by atoms with Gasteiger partial charge in [-0.1, -0.05) is 6.92 Å². The number of halogens is 3. The third-order valence-electron chi connectivity index (χ3n) is 5.99. The van der Waals surface area contributed by atoms with Gasteiger partial charge < -0.3 is 14.6 Å². The maximum absolute atomic E-state index is 13.2. The Morgan fingerprint density at radius 3 is 2.63 bits per heavy atom. The highest BCUT2D eigenvalue weighted by Gasteiger charge is 2.33. The van der Waals surface area contributed by atoms with Crippen molar-refractivity contribution in [2.75, 3.05) is 24.3 Å². The van der Waals surface area contributed by atoms with E-state index in [9.17, 15) is 21.6 Å². The van der Waals surface area contributed by atoms with Crippen LogP contribution < -0.4 is 5.32 Å². The summed E-state index contributed by atoms with van der Waals surface area (Å²) in [5.41, 5.74) is -0.478.